The maximum absolute atomic E-state index is 8.76. The molecule has 0 aliphatic rings. The van der Waals surface area contributed by atoms with Crippen molar-refractivity contribution in [2.45, 2.75) is 50.8 Å². The normalized spacial score (nSPS) is 10.2. The molecule has 8 heteroatoms. The number of nitriles is 3. The molecule has 0 aliphatic carbocycles. The Hall–Kier alpha value is -1.07. The Bertz CT molecular complexity index is 308. The Balaban J connectivity index is 0. The van der Waals surface area contributed by atoms with Crippen LogP contribution >= 0.6 is 0 Å². The van der Waals surface area contributed by atoms with Gasteiger partial charge in [0, 0.05) is 0 Å². The van der Waals surface area contributed by atoms with Crippen molar-refractivity contribution in [3.8, 4) is 14.9 Å². The quantitative estimate of drug-likeness (QED) is 0.479. The van der Waals surface area contributed by atoms with Crippen LogP contribution in [-0.4, -0.2) is 22.4 Å². The molecule has 0 bridgehead atoms. The molecule has 0 saturated heterocycles. The summed E-state index contributed by atoms with van der Waals surface area (Å²) in [5.41, 5.74) is 0. The summed E-state index contributed by atoms with van der Waals surface area (Å²) in [6, 6.07) is 0. The van der Waals surface area contributed by atoms with E-state index in [0.29, 0.717) is 5.32 Å². The molecule has 0 fully saturated rings. The summed E-state index contributed by atoms with van der Waals surface area (Å²) in [6.07, 6.45) is 6.66. The monoisotopic (exact) mass is 316 g/mol. The van der Waals surface area contributed by atoms with Gasteiger partial charge >= 0.3 is 102 Å². The molecule has 0 spiro atoms. The summed E-state index contributed by atoms with van der Waals surface area (Å²) in [5.74, 6) is 0. The second kappa shape index (κ2) is 13.4. The van der Waals surface area contributed by atoms with Gasteiger partial charge in [0.05, 0.1) is 0 Å². The van der Waals surface area contributed by atoms with Crippen LogP contribution in [0.4, 0.5) is 0 Å². The number of nitrogens with zero attached hydrogens (tertiary/aromatic N) is 3. The molecular weight excluding hydrogens is 296 g/mol. The zero-order chi connectivity index (χ0) is 15.1. The molecule has 0 aromatic carbocycles. The zero-order valence-electron chi connectivity index (χ0n) is 11.0. The average molecular weight is 317 g/mol. The summed E-state index contributed by atoms with van der Waals surface area (Å²) in [7, 11) is -2.17. The molecule has 3 N–H and O–H groups in total. The maximum Gasteiger partial charge on any atom is 0.631 e. The molecule has 0 aliphatic heterocycles. The van der Waals surface area contributed by atoms with Gasteiger partial charge in [0.15, 0.2) is 0 Å². The molecule has 6 nitrogen and oxygen atoms in total. The predicted molar refractivity (Wildman–Crippen MR) is 67.4 cm³/mol. The van der Waals surface area contributed by atoms with Gasteiger partial charge in [-0.05, 0) is 0 Å². The van der Waals surface area contributed by atoms with E-state index >= 15 is 0 Å². The fourth-order valence-corrected chi connectivity index (χ4v) is 2.35. The van der Waals surface area contributed by atoms with E-state index in [4.69, 9.17) is 30.9 Å². The van der Waals surface area contributed by atoms with E-state index in [1.54, 1.807) is 0 Å². The molecule has 0 amide bonds. The predicted octanol–water partition coefficient (Wildman–Crippen LogP) is 1.31. The SMILES string of the molecule is CCCCCCC[CH2][Cu]([C]#N)([C]#N)[C]#N.OB(O)O. The Labute approximate surface area is 117 Å². The van der Waals surface area contributed by atoms with Crippen LogP contribution in [0.2, 0.25) is 5.32 Å². The van der Waals surface area contributed by atoms with Gasteiger partial charge in [-0.25, -0.2) is 0 Å². The Kier molecular flexibility index (Phi) is 14.3. The van der Waals surface area contributed by atoms with Gasteiger partial charge in [-0.2, -0.15) is 0 Å². The number of rotatable bonds is 7. The van der Waals surface area contributed by atoms with Crippen LogP contribution in [-0.2, 0) is 12.8 Å². The summed E-state index contributed by atoms with van der Waals surface area (Å²) in [6.45, 7) is 2.16. The Morgan fingerprint density at radius 3 is 1.58 bits per heavy atom. The first kappa shape index (κ1) is 20.3. The third-order valence-electron chi connectivity index (χ3n) is 2.03. The number of unbranched alkanes of at least 4 members (excludes halogenated alkanes) is 5. The second-order valence-corrected chi connectivity index (χ2v) is 6.32. The van der Waals surface area contributed by atoms with Crippen molar-refractivity contribution in [3.05, 3.63) is 0 Å². The van der Waals surface area contributed by atoms with Gasteiger partial charge in [-0.3, -0.25) is 0 Å². The van der Waals surface area contributed by atoms with Crippen LogP contribution in [0.1, 0.15) is 45.4 Å². The van der Waals surface area contributed by atoms with E-state index in [1.165, 1.54) is 19.3 Å². The van der Waals surface area contributed by atoms with Crippen LogP contribution < -0.4 is 0 Å². The third-order valence-corrected chi connectivity index (χ3v) is 4.15. The summed E-state index contributed by atoms with van der Waals surface area (Å²) in [4.78, 5) is 5.62. The van der Waals surface area contributed by atoms with Crippen molar-refractivity contribution in [2.24, 2.45) is 0 Å². The van der Waals surface area contributed by atoms with Crippen LogP contribution in [0.15, 0.2) is 0 Å². The van der Waals surface area contributed by atoms with Crippen molar-refractivity contribution in [3.63, 3.8) is 0 Å². The molecule has 0 saturated carbocycles. The third kappa shape index (κ3) is 13.2. The minimum atomic E-state index is -2.23. The minimum Gasteiger partial charge on any atom is -0.402 e. The van der Waals surface area contributed by atoms with E-state index in [9.17, 15) is 0 Å². The summed E-state index contributed by atoms with van der Waals surface area (Å²) < 4.78 is 0. The largest absolute Gasteiger partial charge is 0.631 e. The first-order chi connectivity index (χ1) is 8.97. The smallest absolute Gasteiger partial charge is 0.402 e. The minimum absolute atomic E-state index is 0.456. The molecule has 111 valence electrons. The van der Waals surface area contributed by atoms with Crippen LogP contribution in [0, 0.1) is 30.7 Å². The fourth-order valence-electron chi connectivity index (χ4n) is 1.16. The van der Waals surface area contributed by atoms with Gasteiger partial charge in [0.1, 0.15) is 0 Å². The van der Waals surface area contributed by atoms with Crippen molar-refractivity contribution >= 4 is 7.32 Å². The molecule has 19 heavy (non-hydrogen) atoms. The summed E-state index contributed by atoms with van der Waals surface area (Å²) >= 11 is -2.23. The molecule has 0 unspecified atom stereocenters. The van der Waals surface area contributed by atoms with Gasteiger partial charge in [-0.1, -0.05) is 0 Å². The van der Waals surface area contributed by atoms with Crippen molar-refractivity contribution in [2.75, 3.05) is 0 Å². The molecule has 0 atom stereocenters. The molecule has 0 rings (SSSR count). The first-order valence-corrected chi connectivity index (χ1v) is 7.90. The zero-order valence-corrected chi connectivity index (χ0v) is 12.0. The Morgan fingerprint density at radius 1 is 0.842 bits per heavy atom. The maximum atomic E-state index is 8.76. The topological polar surface area (TPSA) is 132 Å². The molecule has 0 aromatic heterocycles. The van der Waals surface area contributed by atoms with E-state index in [0.717, 1.165) is 19.3 Å². The molecule has 0 heterocycles. The van der Waals surface area contributed by atoms with E-state index in [2.05, 4.69) is 6.92 Å². The van der Waals surface area contributed by atoms with Crippen LogP contribution in [0.25, 0.3) is 0 Å². The summed E-state index contributed by atoms with van der Waals surface area (Å²) in [5, 5.41) is 48.2. The molecule has 0 radical (unpaired) electrons. The average Bonchev–Trinajstić information content (AvgIpc) is 2.38. The van der Waals surface area contributed by atoms with Crippen molar-refractivity contribution in [1.29, 1.82) is 15.8 Å². The number of hydrogen-bond acceptors (Lipinski definition) is 6. The number of hydrogen-bond donors (Lipinski definition) is 3. The fraction of sp³-hybridized carbons (Fsp3) is 0.727. The van der Waals surface area contributed by atoms with Gasteiger partial charge in [-0.15, -0.1) is 0 Å². The van der Waals surface area contributed by atoms with Crippen LogP contribution in [0.3, 0.4) is 0 Å². The van der Waals surface area contributed by atoms with Gasteiger partial charge in [0.2, 0.25) is 0 Å². The van der Waals surface area contributed by atoms with Gasteiger partial charge < -0.3 is 15.1 Å². The first-order valence-electron chi connectivity index (χ1n) is 5.82. The molecule has 0 aromatic rings. The van der Waals surface area contributed by atoms with E-state index in [-0.39, 0.29) is 0 Å². The second-order valence-electron chi connectivity index (χ2n) is 3.51. The molecular formula is C11H20BCuN3O3. The van der Waals surface area contributed by atoms with Crippen LogP contribution in [0.5, 0.6) is 0 Å². The van der Waals surface area contributed by atoms with Crippen molar-refractivity contribution < 1.29 is 27.9 Å². The van der Waals surface area contributed by atoms with E-state index in [1.807, 2.05) is 14.9 Å². The van der Waals surface area contributed by atoms with Crippen molar-refractivity contribution in [1.82, 2.24) is 0 Å². The standard InChI is InChI=1S/C8H17.3CN.BH3O3.Cu/c1-3-5-7-8-6-4-2;3*1-2;2-1(3)4;/h1,3-8H2,2H3;;;;2-4H;. The Morgan fingerprint density at radius 2 is 1.21 bits per heavy atom. The van der Waals surface area contributed by atoms with Gasteiger partial charge in [0.25, 0.3) is 0 Å². The van der Waals surface area contributed by atoms with E-state index < -0.39 is 20.2 Å².